The minimum Gasteiger partial charge on any atom is -0.497 e. The first-order chi connectivity index (χ1) is 8.24. The third kappa shape index (κ3) is 2.65. The van der Waals surface area contributed by atoms with E-state index < -0.39 is 0 Å². The van der Waals surface area contributed by atoms with Crippen LogP contribution in [0.2, 0.25) is 0 Å². The van der Waals surface area contributed by atoms with E-state index in [1.165, 1.54) is 0 Å². The summed E-state index contributed by atoms with van der Waals surface area (Å²) in [5, 5.41) is 12.1. The summed E-state index contributed by atoms with van der Waals surface area (Å²) in [5.41, 5.74) is 2.02. The Morgan fingerprint density at radius 2 is 2.06 bits per heavy atom. The van der Waals surface area contributed by atoms with Crippen molar-refractivity contribution >= 4 is 11.3 Å². The van der Waals surface area contributed by atoms with Gasteiger partial charge in [0.1, 0.15) is 10.8 Å². The van der Waals surface area contributed by atoms with Crippen molar-refractivity contribution in [3.05, 3.63) is 35.3 Å². The topological polar surface area (TPSA) is 42.4 Å². The monoisotopic (exact) mass is 249 g/mol. The highest BCUT2D eigenvalue weighted by Crippen LogP contribution is 2.28. The van der Waals surface area contributed by atoms with E-state index in [0.717, 1.165) is 22.0 Å². The van der Waals surface area contributed by atoms with E-state index in [1.807, 2.05) is 36.6 Å². The first-order valence-electron chi connectivity index (χ1n) is 5.45. The van der Waals surface area contributed by atoms with Gasteiger partial charge < -0.3 is 9.84 Å². The van der Waals surface area contributed by atoms with Crippen LogP contribution in [0, 0.1) is 0 Å². The van der Waals surface area contributed by atoms with Crippen molar-refractivity contribution in [2.45, 2.75) is 12.8 Å². The quantitative estimate of drug-likeness (QED) is 0.906. The van der Waals surface area contributed by atoms with Gasteiger partial charge >= 0.3 is 0 Å². The summed E-state index contributed by atoms with van der Waals surface area (Å²) in [6, 6.07) is 7.83. The Morgan fingerprint density at radius 3 is 2.65 bits per heavy atom. The van der Waals surface area contributed by atoms with Crippen LogP contribution in [0.4, 0.5) is 0 Å². The fourth-order valence-corrected chi connectivity index (χ4v) is 2.42. The Bertz CT molecular complexity index is 478. The molecule has 4 heteroatoms. The lowest BCUT2D eigenvalue weighted by Gasteiger charge is -2.02. The molecule has 1 N–H and O–H groups in total. The van der Waals surface area contributed by atoms with Crippen LogP contribution in [0.1, 0.15) is 18.5 Å². The highest BCUT2D eigenvalue weighted by molar-refractivity contribution is 7.13. The molecule has 3 nitrogen and oxygen atoms in total. The minimum absolute atomic E-state index is 0.0956. The molecule has 0 aliphatic heterocycles. The highest BCUT2D eigenvalue weighted by Gasteiger charge is 2.10. The number of aromatic nitrogens is 1. The maximum atomic E-state index is 9.08. The number of hydrogen-bond acceptors (Lipinski definition) is 4. The summed E-state index contributed by atoms with van der Waals surface area (Å²) in [6.07, 6.45) is 0. The lowest BCUT2D eigenvalue weighted by molar-refractivity contribution is 0.271. The maximum absolute atomic E-state index is 9.08. The van der Waals surface area contributed by atoms with Gasteiger partial charge in [-0.15, -0.1) is 11.3 Å². The van der Waals surface area contributed by atoms with E-state index in [9.17, 15) is 0 Å². The third-order valence-electron chi connectivity index (χ3n) is 2.64. The minimum atomic E-state index is 0.0956. The van der Waals surface area contributed by atoms with Gasteiger partial charge in [0.05, 0.1) is 19.4 Å². The van der Waals surface area contributed by atoms with Crippen LogP contribution in [0.25, 0.3) is 10.6 Å². The van der Waals surface area contributed by atoms with E-state index in [2.05, 4.69) is 4.98 Å². The molecule has 0 amide bonds. The standard InChI is InChI=1S/C13H15NO2S/c1-9(7-15)12-8-17-13(14-12)10-3-5-11(16-2)6-4-10/h3-6,8-9,15H,7H2,1-2H3. The number of ether oxygens (including phenoxy) is 1. The smallest absolute Gasteiger partial charge is 0.123 e. The number of aliphatic hydroxyl groups is 1. The molecular weight excluding hydrogens is 234 g/mol. The molecular formula is C13H15NO2S. The van der Waals surface area contributed by atoms with E-state index in [1.54, 1.807) is 18.4 Å². The molecule has 1 aromatic heterocycles. The first-order valence-corrected chi connectivity index (χ1v) is 6.33. The van der Waals surface area contributed by atoms with E-state index in [-0.39, 0.29) is 12.5 Å². The fourth-order valence-electron chi connectivity index (χ4n) is 1.47. The highest BCUT2D eigenvalue weighted by atomic mass is 32.1. The Hall–Kier alpha value is -1.39. The second-order valence-electron chi connectivity index (χ2n) is 3.89. The van der Waals surface area contributed by atoms with Crippen LogP contribution in [-0.2, 0) is 0 Å². The van der Waals surface area contributed by atoms with Crippen LogP contribution < -0.4 is 4.74 Å². The molecule has 0 spiro atoms. The predicted octanol–water partition coefficient (Wildman–Crippen LogP) is 2.91. The molecule has 0 fully saturated rings. The number of benzene rings is 1. The van der Waals surface area contributed by atoms with Gasteiger partial charge in [-0.05, 0) is 24.3 Å². The van der Waals surface area contributed by atoms with Crippen molar-refractivity contribution in [3.63, 3.8) is 0 Å². The average molecular weight is 249 g/mol. The van der Waals surface area contributed by atoms with Crippen LogP contribution in [-0.4, -0.2) is 23.8 Å². The molecule has 1 heterocycles. The third-order valence-corrected chi connectivity index (χ3v) is 3.55. The van der Waals surface area contributed by atoms with Gasteiger partial charge in [-0.2, -0.15) is 0 Å². The molecule has 1 atom stereocenters. The second kappa shape index (κ2) is 5.29. The molecule has 2 rings (SSSR count). The Kier molecular flexibility index (Phi) is 3.76. The number of rotatable bonds is 4. The van der Waals surface area contributed by atoms with E-state index in [0.29, 0.717) is 0 Å². The summed E-state index contributed by atoms with van der Waals surface area (Å²) < 4.78 is 5.12. The molecule has 17 heavy (non-hydrogen) atoms. The van der Waals surface area contributed by atoms with Gasteiger partial charge in [0, 0.05) is 16.9 Å². The van der Waals surface area contributed by atoms with E-state index >= 15 is 0 Å². The summed E-state index contributed by atoms with van der Waals surface area (Å²) in [6.45, 7) is 2.10. The summed E-state index contributed by atoms with van der Waals surface area (Å²) in [5.74, 6) is 0.938. The fraction of sp³-hybridized carbons (Fsp3) is 0.308. The molecule has 0 saturated carbocycles. The van der Waals surface area contributed by atoms with Crippen molar-refractivity contribution in [1.29, 1.82) is 0 Å². The molecule has 0 saturated heterocycles. The summed E-state index contributed by atoms with van der Waals surface area (Å²) >= 11 is 1.60. The first kappa shape index (κ1) is 12.1. The van der Waals surface area contributed by atoms with Gasteiger partial charge in [0.25, 0.3) is 0 Å². The van der Waals surface area contributed by atoms with E-state index in [4.69, 9.17) is 9.84 Å². The normalized spacial score (nSPS) is 12.4. The van der Waals surface area contributed by atoms with Crippen molar-refractivity contribution in [2.75, 3.05) is 13.7 Å². The predicted molar refractivity (Wildman–Crippen MR) is 69.6 cm³/mol. The van der Waals surface area contributed by atoms with Crippen molar-refractivity contribution in [3.8, 4) is 16.3 Å². The lowest BCUT2D eigenvalue weighted by Crippen LogP contribution is -1.98. The molecule has 0 aliphatic rings. The van der Waals surface area contributed by atoms with Gasteiger partial charge in [-0.3, -0.25) is 0 Å². The zero-order valence-corrected chi connectivity index (χ0v) is 10.7. The van der Waals surface area contributed by atoms with Gasteiger partial charge in [0.2, 0.25) is 0 Å². The summed E-state index contributed by atoms with van der Waals surface area (Å²) in [4.78, 5) is 4.52. The van der Waals surface area contributed by atoms with Crippen LogP contribution in [0.15, 0.2) is 29.6 Å². The Morgan fingerprint density at radius 1 is 1.35 bits per heavy atom. The zero-order valence-electron chi connectivity index (χ0n) is 9.88. The average Bonchev–Trinajstić information content (AvgIpc) is 2.87. The van der Waals surface area contributed by atoms with Gasteiger partial charge in [-0.25, -0.2) is 4.98 Å². The van der Waals surface area contributed by atoms with Crippen LogP contribution >= 0.6 is 11.3 Å². The molecule has 0 aliphatic carbocycles. The number of aliphatic hydroxyl groups excluding tert-OH is 1. The van der Waals surface area contributed by atoms with Crippen LogP contribution in [0.3, 0.4) is 0 Å². The molecule has 0 radical (unpaired) electrons. The van der Waals surface area contributed by atoms with Crippen molar-refractivity contribution in [2.24, 2.45) is 0 Å². The Balaban J connectivity index is 2.24. The SMILES string of the molecule is COc1ccc(-c2nc(C(C)CO)cs2)cc1. The number of methoxy groups -OCH3 is 1. The lowest BCUT2D eigenvalue weighted by atomic mass is 10.1. The van der Waals surface area contributed by atoms with Gasteiger partial charge in [-0.1, -0.05) is 6.92 Å². The maximum Gasteiger partial charge on any atom is 0.123 e. The largest absolute Gasteiger partial charge is 0.497 e. The van der Waals surface area contributed by atoms with Gasteiger partial charge in [0.15, 0.2) is 0 Å². The zero-order chi connectivity index (χ0) is 12.3. The molecule has 90 valence electrons. The van der Waals surface area contributed by atoms with Crippen LogP contribution in [0.5, 0.6) is 5.75 Å². The molecule has 1 aromatic carbocycles. The van der Waals surface area contributed by atoms with Crippen molar-refractivity contribution < 1.29 is 9.84 Å². The second-order valence-corrected chi connectivity index (χ2v) is 4.75. The Labute approximate surface area is 105 Å². The molecule has 2 aromatic rings. The number of nitrogens with zero attached hydrogens (tertiary/aromatic N) is 1. The molecule has 0 bridgehead atoms. The number of thiazole rings is 1. The number of hydrogen-bond donors (Lipinski definition) is 1. The molecule has 1 unspecified atom stereocenters. The van der Waals surface area contributed by atoms with Crippen molar-refractivity contribution in [1.82, 2.24) is 4.98 Å². The summed E-state index contributed by atoms with van der Waals surface area (Å²) in [7, 11) is 1.65.